The number of ether oxygens (including phenoxy) is 1. The Morgan fingerprint density at radius 2 is 2.15 bits per heavy atom. The Morgan fingerprint density at radius 1 is 1.46 bits per heavy atom. The molecule has 0 aliphatic rings. The van der Waals surface area contributed by atoms with Crippen LogP contribution in [0.3, 0.4) is 0 Å². The van der Waals surface area contributed by atoms with Crippen molar-refractivity contribution in [2.24, 2.45) is 0 Å². The highest BCUT2D eigenvalue weighted by molar-refractivity contribution is 6.38. The molecule has 0 aliphatic carbocycles. The zero-order valence-corrected chi connectivity index (χ0v) is 8.34. The number of carbonyl (C=O) groups is 2. The van der Waals surface area contributed by atoms with Crippen molar-refractivity contribution in [1.29, 1.82) is 0 Å². The third-order valence-corrected chi connectivity index (χ3v) is 1.52. The maximum atomic E-state index is 10.9. The molecule has 0 rings (SSSR count). The Labute approximate surface area is 82.7 Å². The summed E-state index contributed by atoms with van der Waals surface area (Å²) in [6, 6.07) is 0. The molecule has 0 amide bonds. The molecule has 0 aromatic rings. The summed E-state index contributed by atoms with van der Waals surface area (Å²) in [5, 5.41) is 0. The minimum absolute atomic E-state index is 0.222. The van der Waals surface area contributed by atoms with Gasteiger partial charge < -0.3 is 4.74 Å². The SMILES string of the molecule is CCOC(=O)C(=O)C=CCCCCl. The van der Waals surface area contributed by atoms with Crippen molar-refractivity contribution in [2.45, 2.75) is 19.8 Å². The van der Waals surface area contributed by atoms with Gasteiger partial charge >= 0.3 is 5.97 Å². The lowest BCUT2D eigenvalue weighted by Crippen LogP contribution is -2.14. The molecule has 0 spiro atoms. The maximum Gasteiger partial charge on any atom is 0.378 e. The van der Waals surface area contributed by atoms with Crippen LogP contribution in [0.15, 0.2) is 12.2 Å². The first kappa shape index (κ1) is 12.2. The Bertz CT molecular complexity index is 199. The molecule has 0 atom stereocenters. The summed E-state index contributed by atoms with van der Waals surface area (Å²) in [6.45, 7) is 1.88. The number of alkyl halides is 1. The van der Waals surface area contributed by atoms with E-state index in [1.54, 1.807) is 13.0 Å². The van der Waals surface area contributed by atoms with E-state index in [0.717, 1.165) is 6.42 Å². The molecule has 0 aliphatic heterocycles. The first-order chi connectivity index (χ1) is 6.22. The summed E-state index contributed by atoms with van der Waals surface area (Å²) in [6.07, 6.45) is 4.36. The average Bonchev–Trinajstić information content (AvgIpc) is 2.12. The van der Waals surface area contributed by atoms with Crippen LogP contribution in [0.5, 0.6) is 0 Å². The summed E-state index contributed by atoms with van der Waals surface area (Å²) in [5.41, 5.74) is 0. The monoisotopic (exact) mass is 204 g/mol. The minimum atomic E-state index is -0.801. The topological polar surface area (TPSA) is 43.4 Å². The smallest absolute Gasteiger partial charge is 0.378 e. The van der Waals surface area contributed by atoms with E-state index in [1.165, 1.54) is 6.08 Å². The van der Waals surface area contributed by atoms with Gasteiger partial charge in [0.25, 0.3) is 5.78 Å². The molecular weight excluding hydrogens is 192 g/mol. The number of rotatable bonds is 6. The molecule has 0 saturated heterocycles. The molecular formula is C9H13ClO3. The average molecular weight is 205 g/mol. The first-order valence-electron chi connectivity index (χ1n) is 4.16. The van der Waals surface area contributed by atoms with Gasteiger partial charge in [-0.15, -0.1) is 11.6 Å². The van der Waals surface area contributed by atoms with E-state index in [1.807, 2.05) is 0 Å². The Kier molecular flexibility index (Phi) is 7.30. The van der Waals surface area contributed by atoms with E-state index < -0.39 is 11.8 Å². The lowest BCUT2D eigenvalue weighted by atomic mass is 10.3. The van der Waals surface area contributed by atoms with Gasteiger partial charge in [0.1, 0.15) is 0 Å². The van der Waals surface area contributed by atoms with Crippen molar-refractivity contribution in [3.63, 3.8) is 0 Å². The Morgan fingerprint density at radius 3 is 2.69 bits per heavy atom. The van der Waals surface area contributed by atoms with Crippen molar-refractivity contribution in [3.8, 4) is 0 Å². The molecule has 0 aromatic heterocycles. The molecule has 0 radical (unpaired) electrons. The molecule has 74 valence electrons. The number of halogens is 1. The molecule has 0 N–H and O–H groups in total. The van der Waals surface area contributed by atoms with Gasteiger partial charge in [0.15, 0.2) is 0 Å². The van der Waals surface area contributed by atoms with Gasteiger partial charge in [-0.2, -0.15) is 0 Å². The molecule has 13 heavy (non-hydrogen) atoms. The fourth-order valence-corrected chi connectivity index (χ4v) is 0.810. The molecule has 4 heteroatoms. The standard InChI is InChI=1S/C9H13ClO3/c1-2-13-9(12)8(11)6-4-3-5-7-10/h4,6H,2-3,5,7H2,1H3. The van der Waals surface area contributed by atoms with Crippen molar-refractivity contribution in [1.82, 2.24) is 0 Å². The number of hydrogen-bond acceptors (Lipinski definition) is 3. The van der Waals surface area contributed by atoms with Crippen LogP contribution in [0.4, 0.5) is 0 Å². The molecule has 0 bridgehead atoms. The van der Waals surface area contributed by atoms with Crippen LogP contribution >= 0.6 is 11.6 Å². The van der Waals surface area contributed by atoms with Crippen molar-refractivity contribution in [2.75, 3.05) is 12.5 Å². The predicted molar refractivity (Wildman–Crippen MR) is 50.7 cm³/mol. The van der Waals surface area contributed by atoms with Crippen molar-refractivity contribution >= 4 is 23.4 Å². The summed E-state index contributed by atoms with van der Waals surface area (Å²) in [4.78, 5) is 21.7. The lowest BCUT2D eigenvalue weighted by molar-refractivity contribution is -0.151. The quantitative estimate of drug-likeness (QED) is 0.217. The van der Waals surface area contributed by atoms with Crippen LogP contribution in [0.1, 0.15) is 19.8 Å². The van der Waals surface area contributed by atoms with E-state index in [2.05, 4.69) is 4.74 Å². The highest BCUT2D eigenvalue weighted by Gasteiger charge is 2.09. The number of hydrogen-bond donors (Lipinski definition) is 0. The van der Waals surface area contributed by atoms with Gasteiger partial charge in [-0.25, -0.2) is 4.79 Å². The van der Waals surface area contributed by atoms with E-state index in [4.69, 9.17) is 11.6 Å². The van der Waals surface area contributed by atoms with Crippen LogP contribution in [-0.2, 0) is 14.3 Å². The molecule has 0 unspecified atom stereocenters. The second kappa shape index (κ2) is 7.80. The van der Waals surface area contributed by atoms with Crippen LogP contribution in [0, 0.1) is 0 Å². The third kappa shape index (κ3) is 6.34. The highest BCUT2D eigenvalue weighted by atomic mass is 35.5. The van der Waals surface area contributed by atoms with Crippen molar-refractivity contribution < 1.29 is 14.3 Å². The number of unbranched alkanes of at least 4 members (excludes halogenated alkanes) is 1. The number of esters is 1. The largest absolute Gasteiger partial charge is 0.460 e. The molecule has 0 saturated carbocycles. The van der Waals surface area contributed by atoms with Crippen LogP contribution < -0.4 is 0 Å². The van der Waals surface area contributed by atoms with Crippen LogP contribution in [0.25, 0.3) is 0 Å². The van der Waals surface area contributed by atoms with E-state index in [-0.39, 0.29) is 6.61 Å². The van der Waals surface area contributed by atoms with Crippen LogP contribution in [0.2, 0.25) is 0 Å². The van der Waals surface area contributed by atoms with Crippen LogP contribution in [-0.4, -0.2) is 24.2 Å². The molecule has 0 aromatic carbocycles. The van der Waals surface area contributed by atoms with Gasteiger partial charge in [-0.1, -0.05) is 6.08 Å². The lowest BCUT2D eigenvalue weighted by Gasteiger charge is -1.95. The summed E-state index contributed by atoms with van der Waals surface area (Å²) in [5.74, 6) is -0.862. The van der Waals surface area contributed by atoms with E-state index in [9.17, 15) is 9.59 Å². The zero-order valence-electron chi connectivity index (χ0n) is 7.59. The molecule has 0 heterocycles. The molecule has 0 fully saturated rings. The normalized spacial score (nSPS) is 10.3. The van der Waals surface area contributed by atoms with Gasteiger partial charge in [0.2, 0.25) is 0 Å². The molecule has 3 nitrogen and oxygen atoms in total. The number of carbonyl (C=O) groups excluding carboxylic acids is 2. The Hall–Kier alpha value is -0.830. The van der Waals surface area contributed by atoms with Gasteiger partial charge in [-0.3, -0.25) is 4.79 Å². The summed E-state index contributed by atoms with van der Waals surface area (Å²) < 4.78 is 4.49. The summed E-state index contributed by atoms with van der Waals surface area (Å²) >= 11 is 5.42. The first-order valence-corrected chi connectivity index (χ1v) is 4.69. The third-order valence-electron chi connectivity index (χ3n) is 1.25. The second-order valence-electron chi connectivity index (χ2n) is 2.32. The number of allylic oxidation sites excluding steroid dienone is 1. The fraction of sp³-hybridized carbons (Fsp3) is 0.556. The second-order valence-corrected chi connectivity index (χ2v) is 2.70. The zero-order chi connectivity index (χ0) is 10.1. The number of ketones is 1. The summed E-state index contributed by atoms with van der Waals surface area (Å²) in [7, 11) is 0. The van der Waals surface area contributed by atoms with Gasteiger partial charge in [0, 0.05) is 5.88 Å². The highest BCUT2D eigenvalue weighted by Crippen LogP contribution is 1.94. The van der Waals surface area contributed by atoms with E-state index in [0.29, 0.717) is 12.3 Å². The Balaban J connectivity index is 3.72. The van der Waals surface area contributed by atoms with E-state index >= 15 is 0 Å². The minimum Gasteiger partial charge on any atom is -0.460 e. The fourth-order valence-electron chi connectivity index (χ4n) is 0.656. The maximum absolute atomic E-state index is 10.9. The van der Waals surface area contributed by atoms with Crippen molar-refractivity contribution in [3.05, 3.63) is 12.2 Å². The van der Waals surface area contributed by atoms with Gasteiger partial charge in [-0.05, 0) is 25.8 Å². The predicted octanol–water partition coefficient (Wildman–Crippen LogP) is 1.69. The van der Waals surface area contributed by atoms with Gasteiger partial charge in [0.05, 0.1) is 6.61 Å².